The quantitative estimate of drug-likeness (QED) is 0.427. The molecule has 2 saturated carbocycles. The van der Waals surface area contributed by atoms with Crippen LogP contribution in [0.5, 0.6) is 0 Å². The first-order valence-electron chi connectivity index (χ1n) is 3.91. The van der Waals surface area contributed by atoms with Crippen molar-refractivity contribution in [2.45, 2.75) is 19.3 Å². The van der Waals surface area contributed by atoms with Crippen LogP contribution < -0.4 is 0 Å². The van der Waals surface area contributed by atoms with Crippen LogP contribution in [0.2, 0.25) is 0 Å². The Labute approximate surface area is 55.3 Å². The lowest BCUT2D eigenvalue weighted by atomic mass is 9.74. The highest BCUT2D eigenvalue weighted by Gasteiger charge is 2.47. The predicted octanol–water partition coefficient (Wildman–Crippen LogP) is 2.13. The van der Waals surface area contributed by atoms with Gasteiger partial charge in [-0.3, -0.25) is 0 Å². The van der Waals surface area contributed by atoms with Gasteiger partial charge >= 0.3 is 0 Å². The average molecular weight is 118 g/mol. The van der Waals surface area contributed by atoms with Crippen LogP contribution in [-0.4, -0.2) is 0 Å². The molecule has 3 rings (SSSR count). The van der Waals surface area contributed by atoms with Crippen LogP contribution in [0.25, 0.3) is 0 Å². The molecule has 0 amide bonds. The zero-order valence-corrected chi connectivity index (χ0v) is 5.43. The number of hydrogen-bond acceptors (Lipinski definition) is 0. The summed E-state index contributed by atoms with van der Waals surface area (Å²) in [5.74, 6) is 3.04. The van der Waals surface area contributed by atoms with Crippen molar-refractivity contribution in [2.75, 3.05) is 0 Å². The van der Waals surface area contributed by atoms with Crippen molar-refractivity contribution in [3.63, 3.8) is 0 Å². The molecule has 0 heteroatoms. The van der Waals surface area contributed by atoms with Crippen molar-refractivity contribution < 1.29 is 0 Å². The second-order valence-electron chi connectivity index (χ2n) is 3.54. The van der Waals surface area contributed by atoms with Crippen LogP contribution in [0.4, 0.5) is 0 Å². The third-order valence-electron chi connectivity index (χ3n) is 3.06. The van der Waals surface area contributed by atoms with Gasteiger partial charge < -0.3 is 0 Å². The first kappa shape index (κ1) is 4.35. The van der Waals surface area contributed by atoms with Gasteiger partial charge in [-0.05, 0) is 48.7 Å². The molecular formula is C9H10. The highest BCUT2D eigenvalue weighted by molar-refractivity contribution is 5.26. The van der Waals surface area contributed by atoms with Gasteiger partial charge in [0.15, 0.2) is 0 Å². The fourth-order valence-corrected chi connectivity index (χ4v) is 2.21. The number of rotatable bonds is 0. The molecule has 0 radical (unpaired) electrons. The lowest BCUT2D eigenvalue weighted by Gasteiger charge is -2.30. The van der Waals surface area contributed by atoms with Crippen LogP contribution in [0.1, 0.15) is 19.3 Å². The van der Waals surface area contributed by atoms with Gasteiger partial charge in [-0.2, -0.15) is 0 Å². The van der Waals surface area contributed by atoms with Crippen molar-refractivity contribution in [1.82, 2.24) is 0 Å². The summed E-state index contributed by atoms with van der Waals surface area (Å²) < 4.78 is 0. The smallest absolute Gasteiger partial charge is 0.00896 e. The van der Waals surface area contributed by atoms with E-state index in [4.69, 9.17) is 0 Å². The maximum atomic E-state index is 3.40. The third kappa shape index (κ3) is 0.414. The summed E-state index contributed by atoms with van der Waals surface area (Å²) >= 11 is 0. The summed E-state index contributed by atoms with van der Waals surface area (Å²) in [4.78, 5) is 0. The van der Waals surface area contributed by atoms with Gasteiger partial charge in [0.2, 0.25) is 0 Å². The fraction of sp³-hybridized carbons (Fsp3) is 0.667. The molecule has 0 aromatic heterocycles. The molecule has 0 N–H and O–H groups in total. The summed E-state index contributed by atoms with van der Waals surface area (Å²) in [5, 5.41) is 0. The van der Waals surface area contributed by atoms with E-state index in [1.807, 2.05) is 0 Å². The molecule has 3 atom stereocenters. The molecule has 9 heavy (non-hydrogen) atoms. The Morgan fingerprint density at radius 2 is 2.56 bits per heavy atom. The Bertz CT molecular complexity index is 218. The SMILES string of the molecule is C1=CC2CC2C2CCC=12. The zero-order valence-electron chi connectivity index (χ0n) is 5.43. The number of hydrogen-bond donors (Lipinski definition) is 0. The molecule has 0 heterocycles. The Morgan fingerprint density at radius 3 is 3.22 bits per heavy atom. The van der Waals surface area contributed by atoms with Crippen molar-refractivity contribution >= 4 is 0 Å². The first-order valence-corrected chi connectivity index (χ1v) is 3.91. The van der Waals surface area contributed by atoms with E-state index in [1.165, 1.54) is 19.3 Å². The van der Waals surface area contributed by atoms with Crippen molar-refractivity contribution in [3.05, 3.63) is 17.4 Å². The van der Waals surface area contributed by atoms with E-state index in [9.17, 15) is 0 Å². The molecule has 3 aliphatic rings. The molecule has 0 bridgehead atoms. The summed E-state index contributed by atoms with van der Waals surface area (Å²) in [6.07, 6.45) is 6.60. The molecule has 2 fully saturated rings. The van der Waals surface area contributed by atoms with E-state index >= 15 is 0 Å². The van der Waals surface area contributed by atoms with E-state index in [1.54, 1.807) is 5.57 Å². The van der Waals surface area contributed by atoms with Gasteiger partial charge in [0, 0.05) is 0 Å². The normalized spacial score (nSPS) is 50.7. The minimum absolute atomic E-state index is 0.957. The fourth-order valence-electron chi connectivity index (χ4n) is 2.21. The second kappa shape index (κ2) is 1.17. The molecule has 0 aliphatic heterocycles. The summed E-state index contributed by atoms with van der Waals surface area (Å²) in [6, 6.07) is 0. The third-order valence-corrected chi connectivity index (χ3v) is 3.06. The molecule has 0 saturated heterocycles. The largest absolute Gasteiger partial charge is 0.125 e. The van der Waals surface area contributed by atoms with Crippen molar-refractivity contribution in [3.8, 4) is 0 Å². The van der Waals surface area contributed by atoms with E-state index in [0.29, 0.717) is 0 Å². The van der Waals surface area contributed by atoms with Crippen LogP contribution >= 0.6 is 0 Å². The average Bonchev–Trinajstić information content (AvgIpc) is 2.43. The van der Waals surface area contributed by atoms with Crippen LogP contribution in [0.15, 0.2) is 17.4 Å². The molecule has 0 aromatic rings. The van der Waals surface area contributed by atoms with Crippen LogP contribution in [0.3, 0.4) is 0 Å². The van der Waals surface area contributed by atoms with Gasteiger partial charge in [0.05, 0.1) is 0 Å². The van der Waals surface area contributed by atoms with E-state index < -0.39 is 0 Å². The maximum Gasteiger partial charge on any atom is -0.00896 e. The van der Waals surface area contributed by atoms with E-state index in [0.717, 1.165) is 17.8 Å². The lowest BCUT2D eigenvalue weighted by molar-refractivity contribution is 0.378. The molecule has 0 nitrogen and oxygen atoms in total. The van der Waals surface area contributed by atoms with Crippen LogP contribution in [-0.2, 0) is 0 Å². The predicted molar refractivity (Wildman–Crippen MR) is 35.9 cm³/mol. The Kier molecular flexibility index (Phi) is 0.567. The van der Waals surface area contributed by atoms with Gasteiger partial charge in [-0.15, -0.1) is 5.73 Å². The number of fused-ring (bicyclic) bond motifs is 3. The second-order valence-corrected chi connectivity index (χ2v) is 3.54. The van der Waals surface area contributed by atoms with Gasteiger partial charge in [-0.1, -0.05) is 0 Å². The van der Waals surface area contributed by atoms with Gasteiger partial charge in [0.25, 0.3) is 0 Å². The van der Waals surface area contributed by atoms with E-state index in [-0.39, 0.29) is 0 Å². The topological polar surface area (TPSA) is 0 Å². The number of allylic oxidation sites excluding steroid dienone is 1. The van der Waals surface area contributed by atoms with Gasteiger partial charge in [-0.25, -0.2) is 0 Å². The Morgan fingerprint density at radius 1 is 1.56 bits per heavy atom. The summed E-state index contributed by atoms with van der Waals surface area (Å²) in [6.45, 7) is 0. The highest BCUT2D eigenvalue weighted by Crippen LogP contribution is 2.56. The van der Waals surface area contributed by atoms with Crippen molar-refractivity contribution in [2.24, 2.45) is 17.8 Å². The standard InChI is InChI=1S/C9H10/c1-2-7-5-9(7)8-4-3-6(1)8/h2,7-9H,3-5H2. The zero-order chi connectivity index (χ0) is 5.84. The summed E-state index contributed by atoms with van der Waals surface area (Å²) in [7, 11) is 0. The Balaban J connectivity index is 2.10. The molecule has 3 unspecified atom stereocenters. The first-order chi connectivity index (χ1) is 4.45. The highest BCUT2D eigenvalue weighted by atomic mass is 14.5. The van der Waals surface area contributed by atoms with Gasteiger partial charge in [0.1, 0.15) is 0 Å². The molecular weight excluding hydrogens is 108 g/mol. The summed E-state index contributed by atoms with van der Waals surface area (Å²) in [5.41, 5.74) is 5.03. The molecule has 46 valence electrons. The van der Waals surface area contributed by atoms with Crippen molar-refractivity contribution in [1.29, 1.82) is 0 Å². The lowest BCUT2D eigenvalue weighted by Crippen LogP contribution is -2.19. The molecule has 0 aromatic carbocycles. The van der Waals surface area contributed by atoms with Crippen LogP contribution in [0, 0.1) is 17.8 Å². The molecule has 3 aliphatic carbocycles. The maximum absolute atomic E-state index is 3.40. The minimum Gasteiger partial charge on any atom is -0.125 e. The Hall–Kier alpha value is -0.480. The monoisotopic (exact) mass is 118 g/mol. The molecule has 0 spiro atoms. The minimum atomic E-state index is 0.957. The van der Waals surface area contributed by atoms with E-state index in [2.05, 4.69) is 11.8 Å².